The number of hydrogen-bond donors (Lipinski definition) is 2. The Hall–Kier alpha value is -2.23. The quantitative estimate of drug-likeness (QED) is 0.743. The van der Waals surface area contributed by atoms with Gasteiger partial charge in [-0.1, -0.05) is 23.7 Å². The molecule has 0 bridgehead atoms. The Morgan fingerprint density at radius 2 is 1.78 bits per heavy atom. The van der Waals surface area contributed by atoms with Crippen LogP contribution in [0.15, 0.2) is 53.4 Å². The Kier molecular flexibility index (Phi) is 5.11. The summed E-state index contributed by atoms with van der Waals surface area (Å²) >= 11 is 5.64. The molecule has 0 aliphatic carbocycles. The molecule has 0 spiro atoms. The van der Waals surface area contributed by atoms with Gasteiger partial charge in [-0.3, -0.25) is 0 Å². The number of rotatable bonds is 3. The van der Waals surface area contributed by atoms with E-state index >= 15 is 0 Å². The lowest BCUT2D eigenvalue weighted by atomic mass is 10.1. The minimum Gasteiger partial charge on any atom is -0.399 e. The number of nitrogens with two attached hydrogens (primary N) is 1. The third kappa shape index (κ3) is 4.05. The van der Waals surface area contributed by atoms with E-state index in [0.29, 0.717) is 12.1 Å². The fourth-order valence-corrected chi connectivity index (χ4v) is 4.13. The summed E-state index contributed by atoms with van der Waals surface area (Å²) in [6.07, 6.45) is -2.64. The summed E-state index contributed by atoms with van der Waals surface area (Å²) in [6, 6.07) is 9.08. The minimum atomic E-state index is -4.61. The van der Waals surface area contributed by atoms with Crippen molar-refractivity contribution in [2.24, 2.45) is 0 Å². The second-order valence-corrected chi connectivity index (χ2v) is 8.13. The number of sulfonamides is 1. The number of nitrogens with one attached hydrogen (secondary N) is 1. The summed E-state index contributed by atoms with van der Waals surface area (Å²) in [5.41, 5.74) is 8.13. The van der Waals surface area contributed by atoms with Gasteiger partial charge < -0.3 is 11.2 Å². The molecule has 1 heterocycles. The van der Waals surface area contributed by atoms with E-state index in [9.17, 15) is 21.6 Å². The highest BCUT2D eigenvalue weighted by atomic mass is 35.5. The van der Waals surface area contributed by atoms with Gasteiger partial charge in [-0.15, -0.1) is 4.41 Å². The number of hydrazine groups is 1. The zero-order chi connectivity index (χ0) is 19.8. The van der Waals surface area contributed by atoms with E-state index < -0.39 is 26.8 Å². The van der Waals surface area contributed by atoms with Gasteiger partial charge in [0.05, 0.1) is 21.2 Å². The van der Waals surface area contributed by atoms with Gasteiger partial charge in [0.15, 0.2) is 0 Å². The smallest absolute Gasteiger partial charge is 0.399 e. The molecule has 1 aliphatic heterocycles. The molecule has 2 aromatic carbocycles. The zero-order valence-electron chi connectivity index (χ0n) is 13.8. The van der Waals surface area contributed by atoms with Gasteiger partial charge in [0.1, 0.15) is 0 Å². The van der Waals surface area contributed by atoms with Gasteiger partial charge in [0.2, 0.25) is 0 Å². The molecular formula is C17H15ClF3N3O2S. The van der Waals surface area contributed by atoms with E-state index in [4.69, 9.17) is 17.3 Å². The van der Waals surface area contributed by atoms with Gasteiger partial charge in [-0.2, -0.15) is 13.2 Å². The lowest BCUT2D eigenvalue weighted by Crippen LogP contribution is -2.44. The van der Waals surface area contributed by atoms with Crippen LogP contribution in [-0.2, 0) is 16.2 Å². The number of alkyl halides is 3. The highest BCUT2D eigenvalue weighted by molar-refractivity contribution is 7.89. The maximum atomic E-state index is 13.1. The average molecular weight is 418 g/mol. The number of nitrogens with zero attached hydrogens (tertiary/aromatic N) is 1. The molecule has 3 N–H and O–H groups in total. The molecule has 27 heavy (non-hydrogen) atoms. The van der Waals surface area contributed by atoms with Crippen LogP contribution in [0.2, 0.25) is 5.02 Å². The standard InChI is InChI=1S/C17H15ClF3N3O2S/c18-15-8-3-11(10-14(15)17(19,20)21)16-2-1-9-24(23-16)27(25,26)13-6-4-12(22)5-7-13/h2-8,10,23H,1,9,22H2. The molecule has 0 amide bonds. The van der Waals surface area contributed by atoms with E-state index in [2.05, 4.69) is 5.43 Å². The highest BCUT2D eigenvalue weighted by Gasteiger charge is 2.34. The number of nitrogen functional groups attached to an aromatic ring is 1. The largest absolute Gasteiger partial charge is 0.417 e. The third-order valence-corrected chi connectivity index (χ3v) is 6.03. The normalized spacial score (nSPS) is 15.9. The second-order valence-electron chi connectivity index (χ2n) is 5.86. The molecule has 0 atom stereocenters. The van der Waals surface area contributed by atoms with Crippen molar-refractivity contribution in [2.45, 2.75) is 17.5 Å². The van der Waals surface area contributed by atoms with E-state index in [-0.39, 0.29) is 22.7 Å². The Bertz CT molecular complexity index is 989. The van der Waals surface area contributed by atoms with Gasteiger partial charge in [0, 0.05) is 12.2 Å². The van der Waals surface area contributed by atoms with Crippen LogP contribution in [0.5, 0.6) is 0 Å². The SMILES string of the molecule is Nc1ccc(S(=O)(=O)N2CCC=C(c3ccc(Cl)c(C(F)(F)F)c3)N2)cc1. The summed E-state index contributed by atoms with van der Waals surface area (Å²) in [4.78, 5) is 0.0255. The third-order valence-electron chi connectivity index (χ3n) is 3.98. The minimum absolute atomic E-state index is 0.0255. The monoisotopic (exact) mass is 417 g/mol. The van der Waals surface area contributed by atoms with Crippen molar-refractivity contribution in [3.05, 3.63) is 64.7 Å². The number of halogens is 4. The summed E-state index contributed by atoms with van der Waals surface area (Å²) in [5, 5.41) is -0.422. The maximum Gasteiger partial charge on any atom is 0.417 e. The predicted octanol–water partition coefficient (Wildman–Crippen LogP) is 3.88. The van der Waals surface area contributed by atoms with Crippen LogP contribution in [0.3, 0.4) is 0 Å². The zero-order valence-corrected chi connectivity index (χ0v) is 15.4. The van der Waals surface area contributed by atoms with Crippen molar-refractivity contribution < 1.29 is 21.6 Å². The van der Waals surface area contributed by atoms with Crippen molar-refractivity contribution in [3.63, 3.8) is 0 Å². The van der Waals surface area contributed by atoms with E-state index in [0.717, 1.165) is 16.5 Å². The molecular weight excluding hydrogens is 403 g/mol. The Balaban J connectivity index is 1.91. The fraction of sp³-hybridized carbons (Fsp3) is 0.176. The van der Waals surface area contributed by atoms with Gasteiger partial charge >= 0.3 is 6.18 Å². The first-order chi connectivity index (χ1) is 12.6. The number of anilines is 1. The van der Waals surface area contributed by atoms with Crippen LogP contribution in [-0.4, -0.2) is 19.4 Å². The highest BCUT2D eigenvalue weighted by Crippen LogP contribution is 2.36. The topological polar surface area (TPSA) is 75.4 Å². The number of benzene rings is 2. The lowest BCUT2D eigenvalue weighted by Gasteiger charge is -2.29. The molecule has 0 saturated carbocycles. The lowest BCUT2D eigenvalue weighted by molar-refractivity contribution is -0.137. The van der Waals surface area contributed by atoms with Crippen molar-refractivity contribution >= 4 is 33.0 Å². The molecule has 3 rings (SSSR count). The van der Waals surface area contributed by atoms with E-state index in [1.165, 1.54) is 30.3 Å². The van der Waals surface area contributed by atoms with Gasteiger partial charge in [-0.05, 0) is 48.4 Å². The Morgan fingerprint density at radius 3 is 2.41 bits per heavy atom. The molecule has 0 radical (unpaired) electrons. The molecule has 0 aromatic heterocycles. The predicted molar refractivity (Wildman–Crippen MR) is 96.9 cm³/mol. The second kappa shape index (κ2) is 7.06. The molecule has 1 aliphatic rings. The maximum absolute atomic E-state index is 13.1. The fourth-order valence-electron chi connectivity index (χ4n) is 2.60. The summed E-state index contributed by atoms with van der Waals surface area (Å²) in [7, 11) is -3.89. The van der Waals surface area contributed by atoms with Crippen LogP contribution in [0.1, 0.15) is 17.5 Å². The van der Waals surface area contributed by atoms with Crippen LogP contribution < -0.4 is 11.2 Å². The Morgan fingerprint density at radius 1 is 1.11 bits per heavy atom. The van der Waals surface area contributed by atoms with Crippen molar-refractivity contribution in [1.82, 2.24) is 9.84 Å². The summed E-state index contributed by atoms with van der Waals surface area (Å²) in [5.74, 6) is 0. The summed E-state index contributed by atoms with van der Waals surface area (Å²) in [6.45, 7) is 0.135. The average Bonchev–Trinajstić information content (AvgIpc) is 2.61. The first-order valence-corrected chi connectivity index (χ1v) is 9.63. The van der Waals surface area contributed by atoms with E-state index in [1.807, 2.05) is 0 Å². The van der Waals surface area contributed by atoms with Gasteiger partial charge in [0.25, 0.3) is 10.0 Å². The van der Waals surface area contributed by atoms with Crippen LogP contribution >= 0.6 is 11.6 Å². The first kappa shape index (κ1) is 19.5. The van der Waals surface area contributed by atoms with Crippen molar-refractivity contribution in [3.8, 4) is 0 Å². The molecule has 144 valence electrons. The first-order valence-electron chi connectivity index (χ1n) is 7.81. The molecule has 5 nitrogen and oxygen atoms in total. The van der Waals surface area contributed by atoms with E-state index in [1.54, 1.807) is 6.08 Å². The number of hydrogen-bond acceptors (Lipinski definition) is 4. The van der Waals surface area contributed by atoms with Crippen molar-refractivity contribution in [1.29, 1.82) is 0 Å². The van der Waals surface area contributed by atoms with Crippen LogP contribution in [0.4, 0.5) is 18.9 Å². The molecule has 0 fully saturated rings. The Labute approximate surface area is 159 Å². The van der Waals surface area contributed by atoms with Crippen LogP contribution in [0.25, 0.3) is 5.70 Å². The summed E-state index contributed by atoms with van der Waals surface area (Å²) < 4.78 is 65.7. The molecule has 10 heteroatoms. The van der Waals surface area contributed by atoms with Crippen LogP contribution in [0, 0.1) is 0 Å². The van der Waals surface area contributed by atoms with Gasteiger partial charge in [-0.25, -0.2) is 8.42 Å². The molecule has 0 saturated heterocycles. The molecule has 0 unspecified atom stereocenters. The van der Waals surface area contributed by atoms with Crippen molar-refractivity contribution in [2.75, 3.05) is 12.3 Å². The molecule has 2 aromatic rings.